The maximum Gasteiger partial charge on any atom is 0.573 e. The van der Waals surface area contributed by atoms with E-state index in [0.29, 0.717) is 78.8 Å². The topological polar surface area (TPSA) is 121 Å². The van der Waals surface area contributed by atoms with E-state index in [1.54, 1.807) is 41.3 Å². The first-order valence-electron chi connectivity index (χ1n) is 18.5. The number of nitrogens with zero attached hydrogens (tertiary/aromatic N) is 3. The quantitative estimate of drug-likeness (QED) is 0.0789. The van der Waals surface area contributed by atoms with Crippen molar-refractivity contribution in [2.24, 2.45) is 0 Å². The van der Waals surface area contributed by atoms with E-state index in [1.807, 2.05) is 0 Å². The Kier molecular flexibility index (Phi) is 10.6. The van der Waals surface area contributed by atoms with E-state index in [9.17, 15) is 32.7 Å². The Hall–Kier alpha value is -5.94. The fourth-order valence-electron chi connectivity index (χ4n) is 7.47. The van der Waals surface area contributed by atoms with Crippen LogP contribution in [-0.2, 0) is 16.1 Å². The molecule has 58 heavy (non-hydrogen) atoms. The molecule has 1 aromatic heterocycles. The number of nitrogens with one attached hydrogen (secondary N) is 1. The lowest BCUT2D eigenvalue weighted by molar-refractivity contribution is -0.274. The van der Waals surface area contributed by atoms with Crippen molar-refractivity contribution in [1.29, 1.82) is 0 Å². The number of imide groups is 1. The number of piperidine rings is 1. The van der Waals surface area contributed by atoms with Crippen molar-refractivity contribution in [1.82, 2.24) is 15.1 Å². The summed E-state index contributed by atoms with van der Waals surface area (Å²) in [5.41, 5.74) is 0.348. The van der Waals surface area contributed by atoms with Crippen LogP contribution in [0.1, 0.15) is 35.2 Å². The third-order valence-electron chi connectivity index (χ3n) is 10.3. The molecule has 302 valence electrons. The van der Waals surface area contributed by atoms with E-state index in [0.717, 1.165) is 10.8 Å². The molecule has 1 unspecified atom stereocenters. The average molecular weight is 823 g/mol. The number of piperazine rings is 1. The average Bonchev–Trinajstić information content (AvgIpc) is 3.70. The minimum absolute atomic E-state index is 0.0447. The second-order valence-corrected chi connectivity index (χ2v) is 15.1. The predicted octanol–water partition coefficient (Wildman–Crippen LogP) is 7.60. The van der Waals surface area contributed by atoms with E-state index < -0.39 is 41.8 Å². The largest absolute Gasteiger partial charge is 0.573 e. The molecule has 0 spiro atoms. The number of ether oxygens (including phenoxy) is 3. The van der Waals surface area contributed by atoms with Gasteiger partial charge in [-0.1, -0.05) is 0 Å². The van der Waals surface area contributed by atoms with Gasteiger partial charge in [-0.3, -0.25) is 24.6 Å². The van der Waals surface area contributed by atoms with Crippen LogP contribution >= 0.6 is 11.3 Å². The number of amides is 3. The lowest BCUT2D eigenvalue weighted by Crippen LogP contribution is -2.52. The van der Waals surface area contributed by atoms with E-state index >= 15 is 8.78 Å². The first-order valence-corrected chi connectivity index (χ1v) is 19.3. The van der Waals surface area contributed by atoms with Crippen molar-refractivity contribution in [3.8, 4) is 39.2 Å². The smallest absolute Gasteiger partial charge is 0.508 e. The molecule has 2 saturated heterocycles. The van der Waals surface area contributed by atoms with Gasteiger partial charge in [-0.15, -0.1) is 24.5 Å². The highest BCUT2D eigenvalue weighted by Crippen LogP contribution is 2.47. The summed E-state index contributed by atoms with van der Waals surface area (Å²) in [7, 11) is 0. The molecule has 17 heteroatoms. The molecule has 5 aromatic rings. The number of alkyl halides is 3. The van der Waals surface area contributed by atoms with Crippen molar-refractivity contribution in [2.75, 3.05) is 44.2 Å². The summed E-state index contributed by atoms with van der Waals surface area (Å²) in [5.74, 6) is -2.06. The Labute approximate surface area is 332 Å². The van der Waals surface area contributed by atoms with E-state index in [-0.39, 0.29) is 47.7 Å². The van der Waals surface area contributed by atoms with Gasteiger partial charge in [-0.2, -0.15) is 0 Å². The van der Waals surface area contributed by atoms with Gasteiger partial charge in [-0.05, 0) is 91.2 Å². The first-order chi connectivity index (χ1) is 27.8. The number of halogens is 5. The number of carbonyl (C=O) groups excluding carboxylic acids is 3. The Bertz CT molecular complexity index is 2380. The number of aromatic hydroxyl groups is 1. The second-order valence-electron chi connectivity index (χ2n) is 14.1. The molecule has 2 N–H and O–H groups in total. The van der Waals surface area contributed by atoms with Gasteiger partial charge in [0.05, 0.1) is 23.6 Å². The van der Waals surface area contributed by atoms with Gasteiger partial charge in [0.2, 0.25) is 11.8 Å². The van der Waals surface area contributed by atoms with Gasteiger partial charge in [0.25, 0.3) is 5.91 Å². The maximum absolute atomic E-state index is 15.8. The molecular weight excluding hydrogens is 788 g/mol. The zero-order chi connectivity index (χ0) is 40.7. The van der Waals surface area contributed by atoms with Crippen LogP contribution in [0.4, 0.5) is 27.6 Å². The Morgan fingerprint density at radius 2 is 1.59 bits per heavy atom. The lowest BCUT2D eigenvalue weighted by Gasteiger charge is -2.36. The third-order valence-corrected chi connectivity index (χ3v) is 11.5. The molecule has 0 aliphatic carbocycles. The van der Waals surface area contributed by atoms with Crippen molar-refractivity contribution >= 4 is 44.8 Å². The molecule has 0 saturated carbocycles. The molecule has 4 aromatic carbocycles. The van der Waals surface area contributed by atoms with Gasteiger partial charge < -0.3 is 29.1 Å². The molecule has 3 aliphatic rings. The Morgan fingerprint density at radius 1 is 0.879 bits per heavy atom. The molecule has 1 atom stereocenters. The second kappa shape index (κ2) is 15.8. The van der Waals surface area contributed by atoms with E-state index in [2.05, 4.69) is 15.0 Å². The van der Waals surface area contributed by atoms with Crippen molar-refractivity contribution in [3.63, 3.8) is 0 Å². The number of anilines is 1. The SMILES string of the molecule is O=C1CCC(N2Cc3c(cc(F)c(N4CCN(CCCOc5ccc(Oc6c(-c7ccc(OC(F)(F)F)cc7)sc7cc(O)ccc67)cc5)CC4)c3F)C2=O)C(=O)N1. The standard InChI is InChI=1S/C41H35F5N4O7S/c42-31-21-29-30(22-50(40(29)54)32-12-13-34(52)47-39(32)53)35(43)36(31)49-17-15-48(16-18-49)14-1-19-55-25-7-9-26(10-8-25)56-37-28-11-4-24(51)20-33(28)58-38(37)23-2-5-27(6-3-23)57-41(44,45)46/h2-11,20-21,32,51H,1,12-19,22H2,(H,47,52,53). The molecule has 4 heterocycles. The number of hydrogen-bond acceptors (Lipinski definition) is 10. The Morgan fingerprint density at radius 3 is 2.29 bits per heavy atom. The van der Waals surface area contributed by atoms with Crippen molar-refractivity contribution in [3.05, 3.63) is 95.6 Å². The van der Waals surface area contributed by atoms with Crippen molar-refractivity contribution in [2.45, 2.75) is 38.2 Å². The third kappa shape index (κ3) is 8.09. The molecule has 2 fully saturated rings. The van der Waals surface area contributed by atoms with Crippen LogP contribution in [0.3, 0.4) is 0 Å². The lowest BCUT2D eigenvalue weighted by atomic mass is 10.0. The highest BCUT2D eigenvalue weighted by atomic mass is 32.1. The van der Waals surface area contributed by atoms with Crippen LogP contribution in [0.5, 0.6) is 28.7 Å². The van der Waals surface area contributed by atoms with Crippen LogP contribution in [0.15, 0.2) is 72.8 Å². The minimum Gasteiger partial charge on any atom is -0.508 e. The zero-order valence-electron chi connectivity index (χ0n) is 30.6. The number of thiophene rings is 1. The number of phenols is 1. The number of rotatable bonds is 11. The summed E-state index contributed by atoms with van der Waals surface area (Å²) in [6.45, 7) is 2.73. The summed E-state index contributed by atoms with van der Waals surface area (Å²) in [6.07, 6.45) is -3.95. The van der Waals surface area contributed by atoms with Crippen LogP contribution < -0.4 is 24.4 Å². The number of carbonyl (C=O) groups is 3. The van der Waals surface area contributed by atoms with Crippen LogP contribution in [0, 0.1) is 11.6 Å². The monoisotopic (exact) mass is 822 g/mol. The number of fused-ring (bicyclic) bond motifs is 2. The van der Waals surface area contributed by atoms with Gasteiger partial charge in [0.15, 0.2) is 11.6 Å². The minimum atomic E-state index is -4.81. The molecule has 0 bridgehead atoms. The fourth-order valence-corrected chi connectivity index (χ4v) is 8.64. The zero-order valence-corrected chi connectivity index (χ0v) is 31.4. The predicted molar refractivity (Wildman–Crippen MR) is 203 cm³/mol. The van der Waals surface area contributed by atoms with Gasteiger partial charge in [-0.25, -0.2) is 8.78 Å². The van der Waals surface area contributed by atoms with Gasteiger partial charge >= 0.3 is 6.36 Å². The van der Waals surface area contributed by atoms with Gasteiger partial charge in [0, 0.05) is 54.8 Å². The molecule has 3 aliphatic heterocycles. The number of phenolic OH excluding ortho intramolecular Hbond substituents is 1. The normalized spacial score (nSPS) is 17.5. The Balaban J connectivity index is 0.837. The van der Waals surface area contributed by atoms with Crippen LogP contribution in [-0.4, -0.2) is 84.4 Å². The maximum atomic E-state index is 15.8. The van der Waals surface area contributed by atoms with E-state index in [4.69, 9.17) is 9.47 Å². The molecule has 8 rings (SSSR count). The molecule has 0 radical (unpaired) electrons. The highest BCUT2D eigenvalue weighted by molar-refractivity contribution is 7.22. The summed E-state index contributed by atoms with van der Waals surface area (Å²) in [4.78, 5) is 42.7. The number of benzene rings is 4. The summed E-state index contributed by atoms with van der Waals surface area (Å²) in [6, 6.07) is 17.4. The van der Waals surface area contributed by atoms with Gasteiger partial charge in [0.1, 0.15) is 40.5 Å². The number of hydrogen-bond donors (Lipinski definition) is 2. The van der Waals surface area contributed by atoms with Crippen LogP contribution in [0.25, 0.3) is 20.5 Å². The highest BCUT2D eigenvalue weighted by Gasteiger charge is 2.42. The first kappa shape index (κ1) is 38.9. The van der Waals surface area contributed by atoms with Crippen LogP contribution in [0.2, 0.25) is 0 Å². The molecule has 11 nitrogen and oxygen atoms in total. The molecular formula is C41H35F5N4O7S. The summed E-state index contributed by atoms with van der Waals surface area (Å²) in [5, 5.41) is 13.0. The van der Waals surface area contributed by atoms with Crippen molar-refractivity contribution < 1.29 is 55.7 Å². The summed E-state index contributed by atoms with van der Waals surface area (Å²) < 4.78 is 86.3. The summed E-state index contributed by atoms with van der Waals surface area (Å²) >= 11 is 1.32. The van der Waals surface area contributed by atoms with E-state index in [1.165, 1.54) is 46.6 Å². The fraction of sp³-hybridized carbons (Fsp3) is 0.293. The molecule has 3 amide bonds.